The van der Waals surface area contributed by atoms with E-state index < -0.39 is 9.84 Å². The molecule has 0 radical (unpaired) electrons. The molecule has 0 aliphatic heterocycles. The molecule has 3 rings (SSSR count). The van der Waals surface area contributed by atoms with E-state index in [0.717, 1.165) is 4.88 Å². The predicted octanol–water partition coefficient (Wildman–Crippen LogP) is 4.65. The predicted molar refractivity (Wildman–Crippen MR) is 101 cm³/mol. The standard InChI is InChI=1S/C19H17NO3S2/c1-14-8-9-15(24-14)13-20-18-12-17(10-11-19(18)23-2)25(21,22)16-6-4-3-5-7-16/h3-13H,1-2H3. The molecule has 4 nitrogen and oxygen atoms in total. The van der Waals surface area contributed by atoms with Crippen LogP contribution in [-0.2, 0) is 9.84 Å². The van der Waals surface area contributed by atoms with E-state index in [1.54, 1.807) is 53.9 Å². The fourth-order valence-corrected chi connectivity index (χ4v) is 4.38. The summed E-state index contributed by atoms with van der Waals surface area (Å²) in [6.45, 7) is 2.02. The van der Waals surface area contributed by atoms with E-state index in [-0.39, 0.29) is 9.79 Å². The summed E-state index contributed by atoms with van der Waals surface area (Å²) in [6, 6.07) is 17.0. The Labute approximate surface area is 151 Å². The van der Waals surface area contributed by atoms with E-state index in [4.69, 9.17) is 4.74 Å². The molecule has 0 N–H and O–H groups in total. The van der Waals surface area contributed by atoms with Crippen LogP contribution in [0.3, 0.4) is 0 Å². The molecule has 2 aromatic carbocycles. The zero-order chi connectivity index (χ0) is 17.9. The molecule has 3 aromatic rings. The van der Waals surface area contributed by atoms with E-state index in [1.165, 1.54) is 24.1 Å². The number of nitrogens with zero attached hydrogens (tertiary/aromatic N) is 1. The van der Waals surface area contributed by atoms with Gasteiger partial charge in [-0.1, -0.05) is 18.2 Å². The number of rotatable bonds is 5. The van der Waals surface area contributed by atoms with Crippen LogP contribution in [0.5, 0.6) is 5.75 Å². The summed E-state index contributed by atoms with van der Waals surface area (Å²) in [5.41, 5.74) is 0.477. The Morgan fingerprint density at radius 3 is 2.40 bits per heavy atom. The third-order valence-corrected chi connectivity index (χ3v) is 6.31. The van der Waals surface area contributed by atoms with Crippen molar-refractivity contribution >= 4 is 33.1 Å². The summed E-state index contributed by atoms with van der Waals surface area (Å²) in [7, 11) is -2.06. The summed E-state index contributed by atoms with van der Waals surface area (Å²) in [6.07, 6.45) is 1.72. The van der Waals surface area contributed by atoms with Gasteiger partial charge in [0.05, 0.1) is 16.9 Å². The van der Waals surface area contributed by atoms with Gasteiger partial charge in [0.2, 0.25) is 9.84 Å². The van der Waals surface area contributed by atoms with Gasteiger partial charge in [0.1, 0.15) is 11.4 Å². The van der Waals surface area contributed by atoms with Gasteiger partial charge in [0, 0.05) is 16.0 Å². The van der Waals surface area contributed by atoms with E-state index in [1.807, 2.05) is 19.1 Å². The van der Waals surface area contributed by atoms with Crippen LogP contribution < -0.4 is 4.74 Å². The van der Waals surface area contributed by atoms with Gasteiger partial charge in [-0.3, -0.25) is 4.99 Å². The highest BCUT2D eigenvalue weighted by molar-refractivity contribution is 7.91. The Morgan fingerprint density at radius 1 is 1.00 bits per heavy atom. The highest BCUT2D eigenvalue weighted by atomic mass is 32.2. The van der Waals surface area contributed by atoms with Crippen LogP contribution in [0.15, 0.2) is 75.4 Å². The monoisotopic (exact) mass is 371 g/mol. The van der Waals surface area contributed by atoms with Gasteiger partial charge in [-0.15, -0.1) is 11.3 Å². The molecule has 1 heterocycles. The first-order chi connectivity index (χ1) is 12.0. The van der Waals surface area contributed by atoms with E-state index in [9.17, 15) is 8.42 Å². The molecular formula is C19H17NO3S2. The lowest BCUT2D eigenvalue weighted by atomic mass is 10.3. The molecule has 0 saturated heterocycles. The molecule has 0 aliphatic rings. The van der Waals surface area contributed by atoms with Gasteiger partial charge in [-0.25, -0.2) is 8.42 Å². The second-order valence-electron chi connectivity index (χ2n) is 5.36. The summed E-state index contributed by atoms with van der Waals surface area (Å²) >= 11 is 1.62. The fourth-order valence-electron chi connectivity index (χ4n) is 2.33. The van der Waals surface area contributed by atoms with Crippen LogP contribution in [0.2, 0.25) is 0 Å². The first-order valence-corrected chi connectivity index (χ1v) is 9.89. The van der Waals surface area contributed by atoms with Gasteiger partial charge >= 0.3 is 0 Å². The molecule has 25 heavy (non-hydrogen) atoms. The summed E-state index contributed by atoms with van der Waals surface area (Å²) < 4.78 is 30.9. The third kappa shape index (κ3) is 3.81. The summed E-state index contributed by atoms with van der Waals surface area (Å²) in [5, 5.41) is 0. The Morgan fingerprint density at radius 2 is 1.76 bits per heavy atom. The van der Waals surface area contributed by atoms with Crippen molar-refractivity contribution in [3.63, 3.8) is 0 Å². The van der Waals surface area contributed by atoms with Crippen molar-refractivity contribution in [3.8, 4) is 5.75 Å². The SMILES string of the molecule is COc1ccc(S(=O)(=O)c2ccccc2)cc1N=Cc1ccc(C)s1. The van der Waals surface area contributed by atoms with Gasteiger partial charge < -0.3 is 4.74 Å². The molecule has 0 unspecified atom stereocenters. The van der Waals surface area contributed by atoms with E-state index in [2.05, 4.69) is 4.99 Å². The minimum atomic E-state index is -3.59. The molecule has 6 heteroatoms. The van der Waals surface area contributed by atoms with Crippen LogP contribution >= 0.6 is 11.3 Å². The van der Waals surface area contributed by atoms with Gasteiger partial charge in [-0.05, 0) is 49.4 Å². The Bertz CT molecular complexity index is 1010. The van der Waals surface area contributed by atoms with Crippen LogP contribution in [0.1, 0.15) is 9.75 Å². The van der Waals surface area contributed by atoms with Gasteiger partial charge in [-0.2, -0.15) is 0 Å². The van der Waals surface area contributed by atoms with E-state index >= 15 is 0 Å². The lowest BCUT2D eigenvalue weighted by Crippen LogP contribution is -2.01. The van der Waals surface area contributed by atoms with Crippen molar-refractivity contribution in [2.24, 2.45) is 4.99 Å². The number of methoxy groups -OCH3 is 1. The minimum Gasteiger partial charge on any atom is -0.494 e. The fraction of sp³-hybridized carbons (Fsp3) is 0.105. The Hall–Kier alpha value is -2.44. The first kappa shape index (κ1) is 17.4. The molecule has 0 fully saturated rings. The second-order valence-corrected chi connectivity index (χ2v) is 8.63. The molecule has 0 spiro atoms. The number of ether oxygens (including phenoxy) is 1. The van der Waals surface area contributed by atoms with Crippen LogP contribution in [0, 0.1) is 6.92 Å². The zero-order valence-electron chi connectivity index (χ0n) is 13.8. The molecular weight excluding hydrogens is 354 g/mol. The average molecular weight is 371 g/mol. The first-order valence-electron chi connectivity index (χ1n) is 7.59. The third-order valence-electron chi connectivity index (χ3n) is 3.61. The number of aliphatic imine (C=N–C) groups is 1. The number of hydrogen-bond donors (Lipinski definition) is 0. The lowest BCUT2D eigenvalue weighted by molar-refractivity contribution is 0.416. The molecule has 0 amide bonds. The highest BCUT2D eigenvalue weighted by Crippen LogP contribution is 2.32. The number of hydrogen-bond acceptors (Lipinski definition) is 5. The minimum absolute atomic E-state index is 0.189. The number of sulfone groups is 1. The van der Waals surface area contributed by atoms with Crippen molar-refractivity contribution in [1.29, 1.82) is 0 Å². The molecule has 1 aromatic heterocycles. The lowest BCUT2D eigenvalue weighted by Gasteiger charge is -2.08. The Kier molecular flexibility index (Phi) is 5.01. The molecule has 0 aliphatic carbocycles. The largest absolute Gasteiger partial charge is 0.494 e. The maximum atomic E-state index is 12.8. The van der Waals surface area contributed by atoms with Crippen molar-refractivity contribution in [2.75, 3.05) is 7.11 Å². The second kappa shape index (κ2) is 7.21. The van der Waals surface area contributed by atoms with Gasteiger partial charge in [0.25, 0.3) is 0 Å². The molecule has 0 saturated carbocycles. The zero-order valence-corrected chi connectivity index (χ0v) is 15.5. The van der Waals surface area contributed by atoms with Crippen molar-refractivity contribution < 1.29 is 13.2 Å². The Balaban J connectivity index is 2.02. The quantitative estimate of drug-likeness (QED) is 0.614. The van der Waals surface area contributed by atoms with Crippen LogP contribution in [0.25, 0.3) is 0 Å². The van der Waals surface area contributed by atoms with Crippen molar-refractivity contribution in [2.45, 2.75) is 16.7 Å². The topological polar surface area (TPSA) is 55.7 Å². The summed E-state index contributed by atoms with van der Waals surface area (Å²) in [4.78, 5) is 7.05. The van der Waals surface area contributed by atoms with Crippen molar-refractivity contribution in [3.05, 3.63) is 70.4 Å². The van der Waals surface area contributed by atoms with Gasteiger partial charge in [0.15, 0.2) is 0 Å². The maximum absolute atomic E-state index is 12.8. The van der Waals surface area contributed by atoms with Crippen molar-refractivity contribution in [1.82, 2.24) is 0 Å². The van der Waals surface area contributed by atoms with E-state index in [0.29, 0.717) is 11.4 Å². The molecule has 128 valence electrons. The normalized spacial score (nSPS) is 11.8. The van der Waals surface area contributed by atoms with Crippen LogP contribution in [-0.4, -0.2) is 21.7 Å². The number of thiophene rings is 1. The molecule has 0 bridgehead atoms. The molecule has 0 atom stereocenters. The van der Waals surface area contributed by atoms with Crippen LogP contribution in [0.4, 0.5) is 5.69 Å². The smallest absolute Gasteiger partial charge is 0.206 e. The summed E-state index contributed by atoms with van der Waals surface area (Å²) in [5.74, 6) is 0.525. The maximum Gasteiger partial charge on any atom is 0.206 e. The average Bonchev–Trinajstić information content (AvgIpc) is 3.05. The number of benzene rings is 2. The number of aryl methyl sites for hydroxylation is 1. The highest BCUT2D eigenvalue weighted by Gasteiger charge is 2.18.